The number of rotatable bonds is 9. The highest BCUT2D eigenvalue weighted by molar-refractivity contribution is 6.30. The van der Waals surface area contributed by atoms with Crippen molar-refractivity contribution in [2.45, 2.75) is 31.3 Å². The lowest BCUT2D eigenvalue weighted by Crippen LogP contribution is -2.60. The standard InChI is InChI=1S/C23H27ClN2O5.ClH/c1-16(17-5-7-18(8-6-17)21(27)28)26-22(29)23(9-12-30-13-10-23)25-11-14-31-20-4-2-3-19(24)15-20;/h2-8,15-16,25H,9-14H2,1H3,(H,26,29)(H,27,28);1H/t16-;/m0./s1. The van der Waals surface area contributed by atoms with Crippen LogP contribution in [0, 0.1) is 0 Å². The van der Waals surface area contributed by atoms with Crippen molar-refractivity contribution in [3.05, 3.63) is 64.7 Å². The van der Waals surface area contributed by atoms with Gasteiger partial charge in [-0.1, -0.05) is 29.8 Å². The molecular formula is C23H28Cl2N2O5. The number of hydrogen-bond acceptors (Lipinski definition) is 5. The molecule has 0 radical (unpaired) electrons. The van der Waals surface area contributed by atoms with Gasteiger partial charge in [0.05, 0.1) is 11.6 Å². The lowest BCUT2D eigenvalue weighted by molar-refractivity contribution is -0.132. The van der Waals surface area contributed by atoms with Crippen molar-refractivity contribution in [2.24, 2.45) is 0 Å². The van der Waals surface area contributed by atoms with Gasteiger partial charge in [-0.25, -0.2) is 4.79 Å². The fourth-order valence-corrected chi connectivity index (χ4v) is 3.73. The van der Waals surface area contributed by atoms with E-state index in [-0.39, 0.29) is 29.9 Å². The molecule has 1 aliphatic rings. The molecule has 0 aromatic heterocycles. The molecule has 1 atom stereocenters. The number of hydrogen-bond donors (Lipinski definition) is 3. The number of ether oxygens (including phenoxy) is 2. The minimum atomic E-state index is -0.978. The second-order valence-electron chi connectivity index (χ2n) is 7.55. The summed E-state index contributed by atoms with van der Waals surface area (Å²) in [5.74, 6) is -0.403. The Bertz CT molecular complexity index is 902. The average Bonchev–Trinajstić information content (AvgIpc) is 2.77. The van der Waals surface area contributed by atoms with E-state index in [4.69, 9.17) is 26.2 Å². The fraction of sp³-hybridized carbons (Fsp3) is 0.391. The first-order chi connectivity index (χ1) is 14.9. The maximum atomic E-state index is 13.2. The normalized spacial score (nSPS) is 15.8. The molecular weight excluding hydrogens is 455 g/mol. The molecule has 2 aromatic rings. The lowest BCUT2D eigenvalue weighted by Gasteiger charge is -2.37. The monoisotopic (exact) mass is 482 g/mol. The number of carboxylic acids is 1. The number of carboxylic acid groups (broad SMARTS) is 1. The summed E-state index contributed by atoms with van der Waals surface area (Å²) in [7, 11) is 0. The summed E-state index contributed by atoms with van der Waals surface area (Å²) < 4.78 is 11.2. The second-order valence-corrected chi connectivity index (χ2v) is 7.99. The van der Waals surface area contributed by atoms with Gasteiger partial charge in [0.1, 0.15) is 17.9 Å². The van der Waals surface area contributed by atoms with E-state index in [2.05, 4.69) is 10.6 Å². The van der Waals surface area contributed by atoms with Crippen LogP contribution < -0.4 is 15.4 Å². The molecule has 1 fully saturated rings. The third-order valence-corrected chi connectivity index (χ3v) is 5.65. The predicted molar refractivity (Wildman–Crippen MR) is 125 cm³/mol. The molecule has 0 spiro atoms. The van der Waals surface area contributed by atoms with Crippen LogP contribution in [0.5, 0.6) is 5.75 Å². The largest absolute Gasteiger partial charge is 0.492 e. The van der Waals surface area contributed by atoms with Crippen molar-refractivity contribution >= 4 is 35.9 Å². The van der Waals surface area contributed by atoms with E-state index in [1.807, 2.05) is 19.1 Å². The molecule has 0 unspecified atom stereocenters. The molecule has 0 saturated carbocycles. The Kier molecular flexibility index (Phi) is 9.78. The Balaban J connectivity index is 0.00000363. The molecule has 0 bridgehead atoms. The highest BCUT2D eigenvalue weighted by atomic mass is 35.5. The van der Waals surface area contributed by atoms with E-state index in [9.17, 15) is 9.59 Å². The summed E-state index contributed by atoms with van der Waals surface area (Å²) >= 11 is 5.97. The van der Waals surface area contributed by atoms with E-state index < -0.39 is 11.5 Å². The van der Waals surface area contributed by atoms with Crippen LogP contribution in [-0.2, 0) is 9.53 Å². The van der Waals surface area contributed by atoms with Gasteiger partial charge in [-0.05, 0) is 55.7 Å². The molecule has 3 N–H and O–H groups in total. The quantitative estimate of drug-likeness (QED) is 0.469. The van der Waals surface area contributed by atoms with Crippen LogP contribution in [-0.4, -0.2) is 48.9 Å². The van der Waals surface area contributed by atoms with Crippen LogP contribution in [0.25, 0.3) is 0 Å². The van der Waals surface area contributed by atoms with Gasteiger partial charge in [0, 0.05) is 24.8 Å². The third kappa shape index (κ3) is 6.84. The molecule has 0 aliphatic carbocycles. The van der Waals surface area contributed by atoms with Gasteiger partial charge in [0.15, 0.2) is 0 Å². The second kappa shape index (κ2) is 12.1. The summed E-state index contributed by atoms with van der Waals surface area (Å²) in [6, 6.07) is 13.4. The third-order valence-electron chi connectivity index (χ3n) is 5.42. The molecule has 1 aliphatic heterocycles. The molecule has 9 heteroatoms. The lowest BCUT2D eigenvalue weighted by atomic mass is 9.88. The SMILES string of the molecule is C[C@H](NC(=O)C1(NCCOc2cccc(Cl)c2)CCOCC1)c1ccc(C(=O)O)cc1.Cl. The number of amides is 1. The van der Waals surface area contributed by atoms with Gasteiger partial charge in [-0.2, -0.15) is 0 Å². The van der Waals surface area contributed by atoms with Gasteiger partial charge in [-0.15, -0.1) is 12.4 Å². The molecule has 174 valence electrons. The maximum Gasteiger partial charge on any atom is 0.335 e. The Morgan fingerprint density at radius 1 is 1.19 bits per heavy atom. The van der Waals surface area contributed by atoms with Crippen LogP contribution in [0.2, 0.25) is 5.02 Å². The van der Waals surface area contributed by atoms with E-state index in [0.717, 1.165) is 5.56 Å². The molecule has 1 amide bonds. The fourth-order valence-electron chi connectivity index (χ4n) is 3.55. The van der Waals surface area contributed by atoms with Gasteiger partial charge in [0.2, 0.25) is 5.91 Å². The number of halogens is 2. The zero-order valence-electron chi connectivity index (χ0n) is 17.8. The van der Waals surface area contributed by atoms with Crippen molar-refractivity contribution in [3.8, 4) is 5.75 Å². The first kappa shape index (κ1) is 25.9. The predicted octanol–water partition coefficient (Wildman–Crippen LogP) is 3.86. The smallest absolute Gasteiger partial charge is 0.335 e. The first-order valence-corrected chi connectivity index (χ1v) is 10.6. The molecule has 2 aromatic carbocycles. The molecule has 3 rings (SSSR count). The van der Waals surface area contributed by atoms with Crippen LogP contribution in [0.15, 0.2) is 48.5 Å². The van der Waals surface area contributed by atoms with Crippen LogP contribution in [0.1, 0.15) is 41.7 Å². The minimum Gasteiger partial charge on any atom is -0.492 e. The summed E-state index contributed by atoms with van der Waals surface area (Å²) in [5, 5.41) is 16.1. The zero-order chi connectivity index (χ0) is 22.3. The van der Waals surface area contributed by atoms with Gasteiger partial charge < -0.3 is 19.9 Å². The number of benzene rings is 2. The van der Waals surface area contributed by atoms with E-state index >= 15 is 0 Å². The Morgan fingerprint density at radius 2 is 1.88 bits per heavy atom. The van der Waals surface area contributed by atoms with Crippen LogP contribution in [0.4, 0.5) is 0 Å². The van der Waals surface area contributed by atoms with Gasteiger partial charge in [-0.3, -0.25) is 10.1 Å². The van der Waals surface area contributed by atoms with Gasteiger partial charge >= 0.3 is 5.97 Å². The van der Waals surface area contributed by atoms with Crippen LogP contribution in [0.3, 0.4) is 0 Å². The Labute approximate surface area is 198 Å². The van der Waals surface area contributed by atoms with Crippen molar-refractivity contribution in [2.75, 3.05) is 26.4 Å². The number of nitrogens with one attached hydrogen (secondary N) is 2. The molecule has 1 saturated heterocycles. The first-order valence-electron chi connectivity index (χ1n) is 10.2. The average molecular weight is 483 g/mol. The highest BCUT2D eigenvalue weighted by Crippen LogP contribution is 2.23. The summed E-state index contributed by atoms with van der Waals surface area (Å²) in [5.41, 5.74) is 0.306. The summed E-state index contributed by atoms with van der Waals surface area (Å²) in [4.78, 5) is 24.2. The molecule has 32 heavy (non-hydrogen) atoms. The van der Waals surface area contributed by atoms with Crippen LogP contribution >= 0.6 is 24.0 Å². The van der Waals surface area contributed by atoms with Crippen molar-refractivity contribution in [1.82, 2.24) is 10.6 Å². The Hall–Kier alpha value is -2.32. The summed E-state index contributed by atoms with van der Waals surface area (Å²) in [6.45, 7) is 3.75. The number of carbonyl (C=O) groups is 2. The summed E-state index contributed by atoms with van der Waals surface area (Å²) in [6.07, 6.45) is 1.11. The zero-order valence-corrected chi connectivity index (χ0v) is 19.4. The number of aromatic carboxylic acids is 1. The van der Waals surface area contributed by atoms with Gasteiger partial charge in [0.25, 0.3) is 0 Å². The maximum absolute atomic E-state index is 13.2. The molecule has 1 heterocycles. The molecule has 7 nitrogen and oxygen atoms in total. The Morgan fingerprint density at radius 3 is 2.50 bits per heavy atom. The minimum absolute atomic E-state index is 0. The topological polar surface area (TPSA) is 96.9 Å². The highest BCUT2D eigenvalue weighted by Gasteiger charge is 2.40. The van der Waals surface area contributed by atoms with Crippen molar-refractivity contribution in [1.29, 1.82) is 0 Å². The van der Waals surface area contributed by atoms with E-state index in [0.29, 0.717) is 50.0 Å². The van der Waals surface area contributed by atoms with Crippen molar-refractivity contribution < 1.29 is 24.2 Å². The number of carbonyl (C=O) groups excluding carboxylic acids is 1. The van der Waals surface area contributed by atoms with E-state index in [1.54, 1.807) is 24.3 Å². The van der Waals surface area contributed by atoms with E-state index in [1.165, 1.54) is 12.1 Å². The van der Waals surface area contributed by atoms with Crippen molar-refractivity contribution in [3.63, 3.8) is 0 Å².